The van der Waals surface area contributed by atoms with Gasteiger partial charge in [0.05, 0.1) is 0 Å². The summed E-state index contributed by atoms with van der Waals surface area (Å²) in [5, 5.41) is 0. The molecule has 0 aromatic rings. The Morgan fingerprint density at radius 3 is 2.21 bits per heavy atom. The van der Waals surface area contributed by atoms with Crippen LogP contribution in [-0.4, -0.2) is 0 Å². The molecular weight excluding hydrogens is 477 g/mol. The Morgan fingerprint density at radius 1 is 1.07 bits per heavy atom. The number of hydrogen-bond acceptors (Lipinski definition) is 0. The average molecular weight is 494 g/mol. The predicted molar refractivity (Wildman–Crippen MR) is 78.2 cm³/mol. The molecule has 1 saturated carbocycles. The molecule has 0 aromatic carbocycles. The van der Waals surface area contributed by atoms with Crippen LogP contribution in [0.15, 0.2) is 21.0 Å². The van der Waals surface area contributed by atoms with Gasteiger partial charge in [0, 0.05) is 0 Å². The second-order valence-corrected chi connectivity index (χ2v) is 5.36. The molecule has 0 unspecified atom stereocenters. The van der Waals surface area contributed by atoms with Crippen molar-refractivity contribution in [3.8, 4) is 0 Å². The third-order valence-corrected chi connectivity index (χ3v) is 4.22. The molecule has 0 spiro atoms. The van der Waals surface area contributed by atoms with Crippen LogP contribution >= 0.6 is 48.0 Å². The molecule has 0 aliphatic heterocycles. The van der Waals surface area contributed by atoms with E-state index in [0.717, 1.165) is 5.92 Å². The topological polar surface area (TPSA) is 0 Å². The zero-order chi connectivity index (χ0) is 8.39. The minimum absolute atomic E-state index is 0. The molecule has 0 atom stereocenters. The molecule has 1 fully saturated rings. The van der Waals surface area contributed by atoms with Gasteiger partial charge >= 0.3 is 90.2 Å². The summed E-state index contributed by atoms with van der Waals surface area (Å²) in [5.74, 6) is 0.937. The Morgan fingerprint density at radius 2 is 1.71 bits per heavy atom. The van der Waals surface area contributed by atoms with E-state index in [-0.39, 0.29) is 48.0 Å². The van der Waals surface area contributed by atoms with E-state index in [1.54, 1.807) is 33.6 Å². The first-order valence-corrected chi connectivity index (χ1v) is 6.22. The Bertz CT molecular complexity index is 227. The van der Waals surface area contributed by atoms with Gasteiger partial charge in [0.2, 0.25) is 0 Å². The zero-order valence-electron chi connectivity index (χ0n) is 8.29. The third kappa shape index (κ3) is 4.00. The van der Waals surface area contributed by atoms with Crippen molar-refractivity contribution in [2.24, 2.45) is 5.92 Å². The first-order valence-electron chi connectivity index (χ1n) is 4.99. The third-order valence-electron chi connectivity index (χ3n) is 3.01. The molecule has 3 heteroatoms. The van der Waals surface area contributed by atoms with Crippen molar-refractivity contribution in [3.63, 3.8) is 0 Å². The van der Waals surface area contributed by atoms with Gasteiger partial charge in [-0.1, -0.05) is 0 Å². The maximum absolute atomic E-state index is 2.39. The fourth-order valence-electron chi connectivity index (χ4n) is 2.32. The van der Waals surface area contributed by atoms with Gasteiger partial charge in [-0.25, -0.2) is 0 Å². The van der Waals surface area contributed by atoms with E-state index in [1.807, 2.05) is 0 Å². The molecule has 0 bridgehead atoms. The fourth-order valence-corrected chi connectivity index (χ4v) is 3.31. The van der Waals surface area contributed by atoms with Gasteiger partial charge in [-0.05, 0) is 0 Å². The van der Waals surface area contributed by atoms with Crippen molar-refractivity contribution in [2.75, 3.05) is 0 Å². The molecule has 0 saturated heterocycles. The maximum atomic E-state index is 2.39. The van der Waals surface area contributed by atoms with Crippen molar-refractivity contribution < 1.29 is 24.7 Å². The normalized spacial score (nSPS) is 21.6. The van der Waals surface area contributed by atoms with E-state index in [9.17, 15) is 0 Å². The van der Waals surface area contributed by atoms with Gasteiger partial charge in [-0.15, -0.1) is 48.0 Å². The van der Waals surface area contributed by atoms with Crippen LogP contribution < -0.4 is 0 Å². The summed E-state index contributed by atoms with van der Waals surface area (Å²) in [4.78, 5) is 0. The Balaban J connectivity index is 0.000000845. The van der Waals surface area contributed by atoms with E-state index in [0.29, 0.717) is 0 Å². The average Bonchev–Trinajstić information content (AvgIpc) is 2.53. The number of hydrogen-bond donors (Lipinski definition) is 0. The van der Waals surface area contributed by atoms with E-state index in [4.69, 9.17) is 0 Å². The van der Waals surface area contributed by atoms with Crippen LogP contribution in [0.5, 0.6) is 0 Å². The van der Waals surface area contributed by atoms with E-state index >= 15 is 0 Å². The van der Waals surface area contributed by atoms with Crippen molar-refractivity contribution in [3.05, 3.63) is 21.0 Å². The molecule has 14 heavy (non-hydrogen) atoms. The summed E-state index contributed by atoms with van der Waals surface area (Å²) in [6.07, 6.45) is 13.3. The first kappa shape index (κ1) is 15.8. The molecule has 0 nitrogen and oxygen atoms in total. The number of allylic oxidation sites excluding steroid dienone is 4. The molecule has 0 amide bonds. The van der Waals surface area contributed by atoms with E-state index < -0.39 is 0 Å². The molecular formula is C11H17I2Zr. The fraction of sp³-hybridized carbons (Fsp3) is 0.636. The van der Waals surface area contributed by atoms with Gasteiger partial charge in [-0.2, -0.15) is 0 Å². The number of rotatable bonds is 1. The summed E-state index contributed by atoms with van der Waals surface area (Å²) in [7, 11) is 0. The molecule has 2 rings (SSSR count). The van der Waals surface area contributed by atoms with Crippen LogP contribution in [0.25, 0.3) is 0 Å². The van der Waals surface area contributed by atoms with Crippen LogP contribution in [0, 0.1) is 5.92 Å². The summed E-state index contributed by atoms with van der Waals surface area (Å²) in [5.41, 5.74) is 1.72. The minimum atomic E-state index is 0. The van der Waals surface area contributed by atoms with Gasteiger partial charge in [-0.3, -0.25) is 0 Å². The van der Waals surface area contributed by atoms with Crippen molar-refractivity contribution in [2.45, 2.75) is 38.5 Å². The number of halogens is 2. The molecule has 0 heterocycles. The van der Waals surface area contributed by atoms with Crippen LogP contribution in [0.3, 0.4) is 0 Å². The van der Waals surface area contributed by atoms with Gasteiger partial charge in [0.15, 0.2) is 0 Å². The summed E-state index contributed by atoms with van der Waals surface area (Å²) >= 11 is 1.64. The zero-order valence-corrected chi connectivity index (χ0v) is 15.4. The summed E-state index contributed by atoms with van der Waals surface area (Å²) in [6.45, 7) is 0. The van der Waals surface area contributed by atoms with Gasteiger partial charge in [0.1, 0.15) is 0 Å². The quantitative estimate of drug-likeness (QED) is 0.469. The molecule has 0 N–H and O–H groups in total. The van der Waals surface area contributed by atoms with Crippen LogP contribution in [0.1, 0.15) is 38.5 Å². The molecule has 0 aromatic heterocycles. The molecule has 79 valence electrons. The van der Waals surface area contributed by atoms with Gasteiger partial charge in [0.25, 0.3) is 0 Å². The van der Waals surface area contributed by atoms with Crippen LogP contribution in [0.4, 0.5) is 0 Å². The van der Waals surface area contributed by atoms with Crippen molar-refractivity contribution >= 4 is 48.0 Å². The van der Waals surface area contributed by atoms with Crippen LogP contribution in [-0.2, 0) is 24.7 Å². The molecule has 0 radical (unpaired) electrons. The standard InChI is InChI=1S/C11H15.2HI.Zr/c1-2-6-10(7-3-1)11-8-4-5-9-11;;;/h4,8,10H,1-3,5-7H2;2*1H;. The summed E-state index contributed by atoms with van der Waals surface area (Å²) < 4.78 is 1.72. The Labute approximate surface area is 136 Å². The van der Waals surface area contributed by atoms with Crippen LogP contribution in [0.2, 0.25) is 0 Å². The molecule has 2 aliphatic rings. The SMILES string of the molecule is I.I.[Zr][C]1=C(C2CCCCC2)C=CC1. The second kappa shape index (κ2) is 7.99. The Hall–Kier alpha value is 1.82. The summed E-state index contributed by atoms with van der Waals surface area (Å²) in [6, 6.07) is 0. The monoisotopic (exact) mass is 493 g/mol. The van der Waals surface area contributed by atoms with Crippen molar-refractivity contribution in [1.29, 1.82) is 0 Å². The Kier molecular flexibility index (Phi) is 9.04. The molecule has 2 aliphatic carbocycles. The van der Waals surface area contributed by atoms with E-state index in [2.05, 4.69) is 12.2 Å². The second-order valence-electron chi connectivity index (χ2n) is 3.88. The van der Waals surface area contributed by atoms with Gasteiger partial charge < -0.3 is 0 Å². The first-order chi connectivity index (χ1) is 5.88. The predicted octanol–water partition coefficient (Wildman–Crippen LogP) is 4.56. The van der Waals surface area contributed by atoms with Crippen molar-refractivity contribution in [1.82, 2.24) is 0 Å². The van der Waals surface area contributed by atoms with E-state index in [1.165, 1.54) is 38.5 Å².